The molecule has 0 bridgehead atoms. The number of hydrogen-bond donors (Lipinski definition) is 3. The first-order valence-corrected chi connectivity index (χ1v) is 11.7. The van der Waals surface area contributed by atoms with Gasteiger partial charge in [0.05, 0.1) is 6.61 Å². The number of esters is 1. The van der Waals surface area contributed by atoms with Gasteiger partial charge in [-0.25, -0.2) is 0 Å². The molecule has 0 saturated heterocycles. The van der Waals surface area contributed by atoms with Crippen molar-refractivity contribution in [2.45, 2.75) is 58.3 Å². The van der Waals surface area contributed by atoms with Crippen LogP contribution in [0.1, 0.15) is 67.8 Å². The number of nitrogens with one attached hydrogen (secondary N) is 3. The van der Waals surface area contributed by atoms with Crippen molar-refractivity contribution in [3.8, 4) is 0 Å². The van der Waals surface area contributed by atoms with Crippen molar-refractivity contribution in [2.24, 2.45) is 0 Å². The van der Waals surface area contributed by atoms with Gasteiger partial charge in [-0.3, -0.25) is 30.0 Å². The van der Waals surface area contributed by atoms with E-state index in [-0.39, 0.29) is 24.7 Å². The summed E-state index contributed by atoms with van der Waals surface area (Å²) in [5, 5.41) is 2.77. The molecule has 0 atom stereocenters. The Hall–Kier alpha value is -3.68. The molecule has 0 spiro atoms. The molecule has 3 amide bonds. The van der Waals surface area contributed by atoms with Crippen LogP contribution in [0, 0.1) is 0 Å². The zero-order chi connectivity index (χ0) is 24.6. The summed E-state index contributed by atoms with van der Waals surface area (Å²) in [6.45, 7) is 2.36. The second-order valence-electron chi connectivity index (χ2n) is 7.89. The maximum atomic E-state index is 12.2. The number of amides is 3. The van der Waals surface area contributed by atoms with Gasteiger partial charge in [-0.1, -0.05) is 43.7 Å². The van der Waals surface area contributed by atoms with Crippen LogP contribution in [0.15, 0.2) is 54.6 Å². The Labute approximate surface area is 200 Å². The zero-order valence-electron chi connectivity index (χ0n) is 19.6. The van der Waals surface area contributed by atoms with E-state index in [2.05, 4.69) is 16.2 Å². The largest absolute Gasteiger partial charge is 0.466 e. The number of anilines is 1. The van der Waals surface area contributed by atoms with Crippen LogP contribution in [-0.4, -0.2) is 30.3 Å². The molecule has 2 aromatic carbocycles. The third-order valence-electron chi connectivity index (χ3n) is 5.00. The zero-order valence-corrected chi connectivity index (χ0v) is 19.6. The minimum atomic E-state index is -0.477. The SMILES string of the molecule is CCCCC(=O)Nc1ccc(C(=O)NNC(=O)CCCC(=O)OCCCc2ccccc2)cc1. The number of hydrazine groups is 1. The minimum absolute atomic E-state index is 0.0672. The number of benzene rings is 2. The smallest absolute Gasteiger partial charge is 0.305 e. The molecule has 2 rings (SSSR count). The van der Waals surface area contributed by atoms with Crippen molar-refractivity contribution >= 4 is 29.4 Å². The second kappa shape index (κ2) is 15.2. The van der Waals surface area contributed by atoms with Crippen molar-refractivity contribution < 1.29 is 23.9 Å². The fraction of sp³-hybridized carbons (Fsp3) is 0.385. The number of ether oxygens (including phenoxy) is 1. The van der Waals surface area contributed by atoms with Gasteiger partial charge in [0.2, 0.25) is 11.8 Å². The standard InChI is InChI=1S/C26H33N3O5/c1-2-3-12-23(30)27-22-17-15-21(16-18-22)26(33)29-28-24(31)13-7-14-25(32)34-19-8-11-20-9-5-4-6-10-20/h4-6,9-10,15-18H,2-3,7-8,11-14,19H2,1H3,(H,27,30)(H,28,31)(H,29,33). The van der Waals surface area contributed by atoms with E-state index in [1.165, 1.54) is 5.56 Å². The van der Waals surface area contributed by atoms with E-state index in [4.69, 9.17) is 4.74 Å². The highest BCUT2D eigenvalue weighted by molar-refractivity contribution is 5.96. The van der Waals surface area contributed by atoms with Crippen molar-refractivity contribution in [3.05, 3.63) is 65.7 Å². The van der Waals surface area contributed by atoms with E-state index in [9.17, 15) is 19.2 Å². The maximum Gasteiger partial charge on any atom is 0.305 e. The fourth-order valence-electron chi connectivity index (χ4n) is 3.10. The first-order valence-electron chi connectivity index (χ1n) is 11.7. The molecular formula is C26H33N3O5. The third-order valence-corrected chi connectivity index (χ3v) is 5.00. The fourth-order valence-corrected chi connectivity index (χ4v) is 3.10. The number of carbonyl (C=O) groups is 4. The highest BCUT2D eigenvalue weighted by atomic mass is 16.5. The van der Waals surface area contributed by atoms with Crippen LogP contribution >= 0.6 is 0 Å². The Balaban J connectivity index is 1.57. The van der Waals surface area contributed by atoms with Crippen molar-refractivity contribution in [1.29, 1.82) is 0 Å². The third kappa shape index (κ3) is 10.8. The van der Waals surface area contributed by atoms with Crippen LogP contribution in [0.3, 0.4) is 0 Å². The molecule has 0 fully saturated rings. The average Bonchev–Trinajstić information content (AvgIpc) is 2.85. The van der Waals surface area contributed by atoms with E-state index in [1.807, 2.05) is 37.3 Å². The van der Waals surface area contributed by atoms with Gasteiger partial charge in [0, 0.05) is 30.5 Å². The van der Waals surface area contributed by atoms with Gasteiger partial charge in [0.1, 0.15) is 0 Å². The molecular weight excluding hydrogens is 434 g/mol. The number of rotatable bonds is 13. The summed E-state index contributed by atoms with van der Waals surface area (Å²) in [5.74, 6) is -1.28. The van der Waals surface area contributed by atoms with Gasteiger partial charge >= 0.3 is 5.97 Å². The Bertz CT molecular complexity index is 929. The van der Waals surface area contributed by atoms with E-state index in [1.54, 1.807) is 24.3 Å². The van der Waals surface area contributed by atoms with Crippen LogP contribution in [0.4, 0.5) is 5.69 Å². The number of carbonyl (C=O) groups excluding carboxylic acids is 4. The van der Waals surface area contributed by atoms with Crippen molar-refractivity contribution in [1.82, 2.24) is 10.9 Å². The first-order chi connectivity index (χ1) is 16.5. The number of aryl methyl sites for hydroxylation is 1. The quantitative estimate of drug-likeness (QED) is 0.235. The maximum absolute atomic E-state index is 12.2. The average molecular weight is 468 g/mol. The summed E-state index contributed by atoms with van der Waals surface area (Å²) in [7, 11) is 0. The van der Waals surface area contributed by atoms with Gasteiger partial charge in [-0.2, -0.15) is 0 Å². The lowest BCUT2D eigenvalue weighted by Gasteiger charge is -2.09. The van der Waals surface area contributed by atoms with E-state index in [0.717, 1.165) is 25.7 Å². The van der Waals surface area contributed by atoms with Crippen LogP contribution in [0.25, 0.3) is 0 Å². The summed E-state index contributed by atoms with van der Waals surface area (Å²) in [6, 6.07) is 16.4. The van der Waals surface area contributed by atoms with Gasteiger partial charge in [-0.05, 0) is 55.5 Å². The predicted octanol–water partition coefficient (Wildman–Crippen LogP) is 3.92. The molecule has 3 N–H and O–H groups in total. The van der Waals surface area contributed by atoms with E-state index >= 15 is 0 Å². The Morgan fingerprint density at radius 3 is 2.18 bits per heavy atom. The minimum Gasteiger partial charge on any atom is -0.466 e. The van der Waals surface area contributed by atoms with Crippen molar-refractivity contribution in [2.75, 3.05) is 11.9 Å². The van der Waals surface area contributed by atoms with Crippen LogP contribution in [-0.2, 0) is 25.5 Å². The summed E-state index contributed by atoms with van der Waals surface area (Å²) in [5.41, 5.74) is 6.82. The topological polar surface area (TPSA) is 114 Å². The second-order valence-corrected chi connectivity index (χ2v) is 7.89. The summed E-state index contributed by atoms with van der Waals surface area (Å²) < 4.78 is 5.19. The molecule has 182 valence electrons. The lowest BCUT2D eigenvalue weighted by atomic mass is 10.1. The molecule has 0 aliphatic heterocycles. The molecule has 0 aliphatic rings. The van der Waals surface area contributed by atoms with Gasteiger partial charge in [0.15, 0.2) is 0 Å². The Kier molecular flexibility index (Phi) is 11.9. The van der Waals surface area contributed by atoms with Gasteiger partial charge in [-0.15, -0.1) is 0 Å². The monoisotopic (exact) mass is 467 g/mol. The van der Waals surface area contributed by atoms with E-state index < -0.39 is 11.8 Å². The molecule has 0 aromatic heterocycles. The molecule has 8 nitrogen and oxygen atoms in total. The lowest BCUT2D eigenvalue weighted by molar-refractivity contribution is -0.143. The molecule has 0 unspecified atom stereocenters. The van der Waals surface area contributed by atoms with Gasteiger partial charge < -0.3 is 10.1 Å². The summed E-state index contributed by atoms with van der Waals surface area (Å²) in [4.78, 5) is 47.6. The molecule has 0 heterocycles. The Morgan fingerprint density at radius 1 is 0.765 bits per heavy atom. The Morgan fingerprint density at radius 2 is 1.47 bits per heavy atom. The normalized spacial score (nSPS) is 10.3. The van der Waals surface area contributed by atoms with Gasteiger partial charge in [0.25, 0.3) is 5.91 Å². The molecule has 8 heteroatoms. The molecule has 0 saturated carbocycles. The molecule has 34 heavy (non-hydrogen) atoms. The molecule has 0 radical (unpaired) electrons. The summed E-state index contributed by atoms with van der Waals surface area (Å²) in [6.07, 6.45) is 4.35. The predicted molar refractivity (Wildman–Crippen MR) is 130 cm³/mol. The van der Waals surface area contributed by atoms with Crippen LogP contribution < -0.4 is 16.2 Å². The molecule has 2 aromatic rings. The highest BCUT2D eigenvalue weighted by Gasteiger charge is 2.10. The highest BCUT2D eigenvalue weighted by Crippen LogP contribution is 2.10. The number of unbranched alkanes of at least 4 members (excludes halogenated alkanes) is 1. The first kappa shape index (κ1) is 26.6. The number of hydrogen-bond acceptors (Lipinski definition) is 5. The lowest BCUT2D eigenvalue weighted by Crippen LogP contribution is -2.41. The van der Waals surface area contributed by atoms with E-state index in [0.29, 0.717) is 30.7 Å². The van der Waals surface area contributed by atoms with Crippen LogP contribution in [0.5, 0.6) is 0 Å². The van der Waals surface area contributed by atoms with Crippen LogP contribution in [0.2, 0.25) is 0 Å². The molecule has 0 aliphatic carbocycles. The summed E-state index contributed by atoms with van der Waals surface area (Å²) >= 11 is 0. The van der Waals surface area contributed by atoms with Crippen molar-refractivity contribution in [3.63, 3.8) is 0 Å².